The number of benzene rings is 2. The molecule has 0 unspecified atom stereocenters. The SMILES string of the molecule is Cc1cc(C(C)(C)C)cc(C)c1C#Cc1ccccc1. The van der Waals surface area contributed by atoms with E-state index >= 15 is 0 Å². The highest BCUT2D eigenvalue weighted by atomic mass is 14.2. The Bertz CT molecular complexity index is 636. The second-order valence-electron chi connectivity index (χ2n) is 6.35. The molecular weight excluding hydrogens is 240 g/mol. The van der Waals surface area contributed by atoms with Crippen LogP contribution < -0.4 is 0 Å². The van der Waals surface area contributed by atoms with Crippen molar-refractivity contribution in [2.75, 3.05) is 0 Å². The van der Waals surface area contributed by atoms with Gasteiger partial charge in [-0.25, -0.2) is 0 Å². The van der Waals surface area contributed by atoms with Gasteiger partial charge in [0.2, 0.25) is 0 Å². The fourth-order valence-corrected chi connectivity index (χ4v) is 2.25. The Kier molecular flexibility index (Phi) is 4.00. The first kappa shape index (κ1) is 14.4. The number of rotatable bonds is 0. The predicted molar refractivity (Wildman–Crippen MR) is 87.0 cm³/mol. The summed E-state index contributed by atoms with van der Waals surface area (Å²) >= 11 is 0. The van der Waals surface area contributed by atoms with Gasteiger partial charge in [-0.2, -0.15) is 0 Å². The first-order valence-electron chi connectivity index (χ1n) is 7.07. The van der Waals surface area contributed by atoms with Crippen LogP contribution in [0.5, 0.6) is 0 Å². The van der Waals surface area contributed by atoms with Crippen molar-refractivity contribution in [3.63, 3.8) is 0 Å². The molecule has 20 heavy (non-hydrogen) atoms. The summed E-state index contributed by atoms with van der Waals surface area (Å²) in [7, 11) is 0. The van der Waals surface area contributed by atoms with Crippen LogP contribution in [0.1, 0.15) is 48.6 Å². The maximum Gasteiger partial charge on any atom is 0.0307 e. The Hall–Kier alpha value is -2.00. The number of hydrogen-bond donors (Lipinski definition) is 0. The summed E-state index contributed by atoms with van der Waals surface area (Å²) in [5, 5.41) is 0. The molecule has 0 aliphatic rings. The first-order valence-corrected chi connectivity index (χ1v) is 7.07. The van der Waals surface area contributed by atoms with Crippen molar-refractivity contribution in [1.29, 1.82) is 0 Å². The molecule has 0 spiro atoms. The summed E-state index contributed by atoms with van der Waals surface area (Å²) in [6.45, 7) is 11.0. The van der Waals surface area contributed by atoms with E-state index in [-0.39, 0.29) is 5.41 Å². The van der Waals surface area contributed by atoms with E-state index in [9.17, 15) is 0 Å². The van der Waals surface area contributed by atoms with Crippen LogP contribution in [0.3, 0.4) is 0 Å². The molecule has 0 aromatic heterocycles. The molecule has 0 bridgehead atoms. The van der Waals surface area contributed by atoms with Gasteiger partial charge in [0, 0.05) is 11.1 Å². The van der Waals surface area contributed by atoms with Gasteiger partial charge < -0.3 is 0 Å². The van der Waals surface area contributed by atoms with Gasteiger partial charge in [0.15, 0.2) is 0 Å². The van der Waals surface area contributed by atoms with E-state index in [4.69, 9.17) is 0 Å². The molecule has 102 valence electrons. The van der Waals surface area contributed by atoms with E-state index in [0.29, 0.717) is 0 Å². The Morgan fingerprint density at radius 1 is 0.800 bits per heavy atom. The Labute approximate surface area is 122 Å². The second-order valence-corrected chi connectivity index (χ2v) is 6.35. The summed E-state index contributed by atoms with van der Waals surface area (Å²) < 4.78 is 0. The zero-order valence-corrected chi connectivity index (χ0v) is 13.0. The molecule has 0 saturated heterocycles. The third-order valence-electron chi connectivity index (χ3n) is 3.50. The number of aryl methyl sites for hydroxylation is 2. The van der Waals surface area contributed by atoms with Crippen LogP contribution in [0, 0.1) is 25.7 Å². The molecule has 0 heteroatoms. The second kappa shape index (κ2) is 5.55. The standard InChI is InChI=1S/C20H22/c1-15-13-18(20(3,4)5)14-16(2)19(15)12-11-17-9-7-6-8-10-17/h6-10,13-14H,1-5H3. The van der Waals surface area contributed by atoms with Crippen molar-refractivity contribution in [1.82, 2.24) is 0 Å². The molecule has 0 aliphatic carbocycles. The van der Waals surface area contributed by atoms with Crippen molar-refractivity contribution >= 4 is 0 Å². The van der Waals surface area contributed by atoms with Gasteiger partial charge in [-0.1, -0.05) is 62.9 Å². The molecule has 0 saturated carbocycles. The molecule has 0 nitrogen and oxygen atoms in total. The Morgan fingerprint density at radius 3 is 1.85 bits per heavy atom. The van der Waals surface area contributed by atoms with Crippen LogP contribution in [-0.2, 0) is 5.41 Å². The molecule has 0 heterocycles. The third-order valence-corrected chi connectivity index (χ3v) is 3.50. The van der Waals surface area contributed by atoms with Crippen LogP contribution in [0.2, 0.25) is 0 Å². The Morgan fingerprint density at radius 2 is 1.35 bits per heavy atom. The van der Waals surface area contributed by atoms with Crippen LogP contribution in [0.15, 0.2) is 42.5 Å². The minimum atomic E-state index is 0.181. The molecular formula is C20H22. The van der Waals surface area contributed by atoms with Crippen molar-refractivity contribution < 1.29 is 0 Å². The summed E-state index contributed by atoms with van der Waals surface area (Å²) in [5.74, 6) is 6.58. The van der Waals surface area contributed by atoms with Gasteiger partial charge in [0.25, 0.3) is 0 Å². The normalized spacial score (nSPS) is 10.8. The van der Waals surface area contributed by atoms with E-state index in [1.165, 1.54) is 16.7 Å². The van der Waals surface area contributed by atoms with Crippen LogP contribution in [-0.4, -0.2) is 0 Å². The molecule has 2 rings (SSSR count). The van der Waals surface area contributed by atoms with E-state index in [1.807, 2.05) is 30.3 Å². The topological polar surface area (TPSA) is 0 Å². The highest BCUT2D eigenvalue weighted by Crippen LogP contribution is 2.26. The molecule has 0 amide bonds. The zero-order chi connectivity index (χ0) is 14.8. The largest absolute Gasteiger partial charge is 0.0622 e. The van der Waals surface area contributed by atoms with E-state index in [0.717, 1.165) is 11.1 Å². The van der Waals surface area contributed by atoms with Gasteiger partial charge >= 0.3 is 0 Å². The third kappa shape index (κ3) is 3.31. The van der Waals surface area contributed by atoms with Crippen LogP contribution >= 0.6 is 0 Å². The monoisotopic (exact) mass is 262 g/mol. The molecule has 0 radical (unpaired) electrons. The lowest BCUT2D eigenvalue weighted by Gasteiger charge is -2.21. The fourth-order valence-electron chi connectivity index (χ4n) is 2.25. The maximum atomic E-state index is 3.33. The number of hydrogen-bond acceptors (Lipinski definition) is 0. The maximum absolute atomic E-state index is 3.33. The van der Waals surface area contributed by atoms with E-state index < -0.39 is 0 Å². The lowest BCUT2D eigenvalue weighted by molar-refractivity contribution is 0.589. The summed E-state index contributed by atoms with van der Waals surface area (Å²) in [5.41, 5.74) is 6.29. The van der Waals surface area contributed by atoms with Gasteiger partial charge in [-0.05, 0) is 48.1 Å². The van der Waals surface area contributed by atoms with Gasteiger partial charge in [-0.15, -0.1) is 0 Å². The minimum Gasteiger partial charge on any atom is -0.0622 e. The summed E-state index contributed by atoms with van der Waals surface area (Å²) in [4.78, 5) is 0. The fraction of sp³-hybridized carbons (Fsp3) is 0.300. The lowest BCUT2D eigenvalue weighted by atomic mass is 9.84. The molecule has 2 aromatic rings. The average molecular weight is 262 g/mol. The van der Waals surface area contributed by atoms with Crippen LogP contribution in [0.4, 0.5) is 0 Å². The average Bonchev–Trinajstić information content (AvgIpc) is 2.37. The van der Waals surface area contributed by atoms with Crippen molar-refractivity contribution in [2.45, 2.75) is 40.0 Å². The van der Waals surface area contributed by atoms with Crippen LogP contribution in [0.25, 0.3) is 0 Å². The highest BCUT2D eigenvalue weighted by Gasteiger charge is 2.15. The highest BCUT2D eigenvalue weighted by molar-refractivity contribution is 5.52. The molecule has 0 aliphatic heterocycles. The molecule has 0 atom stereocenters. The quantitative estimate of drug-likeness (QED) is 0.586. The van der Waals surface area contributed by atoms with Crippen molar-refractivity contribution in [3.05, 3.63) is 70.3 Å². The first-order chi connectivity index (χ1) is 9.38. The van der Waals surface area contributed by atoms with Crippen molar-refractivity contribution in [2.24, 2.45) is 0 Å². The van der Waals surface area contributed by atoms with E-state index in [2.05, 4.69) is 58.6 Å². The minimum absolute atomic E-state index is 0.181. The lowest BCUT2D eigenvalue weighted by Crippen LogP contribution is -2.12. The van der Waals surface area contributed by atoms with Gasteiger partial charge in [-0.3, -0.25) is 0 Å². The van der Waals surface area contributed by atoms with E-state index in [1.54, 1.807) is 0 Å². The van der Waals surface area contributed by atoms with Crippen molar-refractivity contribution in [3.8, 4) is 11.8 Å². The van der Waals surface area contributed by atoms with Gasteiger partial charge in [0.1, 0.15) is 0 Å². The molecule has 0 N–H and O–H groups in total. The van der Waals surface area contributed by atoms with Gasteiger partial charge in [0.05, 0.1) is 0 Å². The smallest absolute Gasteiger partial charge is 0.0307 e. The summed E-state index contributed by atoms with van der Waals surface area (Å²) in [6, 6.07) is 14.7. The molecule has 2 aromatic carbocycles. The zero-order valence-electron chi connectivity index (χ0n) is 13.0. The summed E-state index contributed by atoms with van der Waals surface area (Å²) in [6.07, 6.45) is 0. The molecule has 0 fully saturated rings. The predicted octanol–water partition coefficient (Wildman–Crippen LogP) is 5.00. The Balaban J connectivity index is 2.42.